The van der Waals surface area contributed by atoms with Crippen molar-refractivity contribution in [1.82, 2.24) is 5.32 Å². The van der Waals surface area contributed by atoms with E-state index in [0.29, 0.717) is 24.0 Å². The first-order valence-corrected chi connectivity index (χ1v) is 8.73. The van der Waals surface area contributed by atoms with Crippen LogP contribution in [0.1, 0.15) is 48.0 Å². The topological polar surface area (TPSA) is 38.3 Å². The van der Waals surface area contributed by atoms with Crippen LogP contribution in [0.15, 0.2) is 24.3 Å². The van der Waals surface area contributed by atoms with Gasteiger partial charge in [-0.15, -0.1) is 0 Å². The van der Waals surface area contributed by atoms with E-state index in [1.165, 1.54) is 31.2 Å². The highest BCUT2D eigenvalue weighted by Crippen LogP contribution is 2.51. The van der Waals surface area contributed by atoms with E-state index in [1.54, 1.807) is 0 Å². The van der Waals surface area contributed by atoms with Crippen LogP contribution in [0.5, 0.6) is 0 Å². The number of hydrogen-bond acceptors (Lipinski definition) is 2. The van der Waals surface area contributed by atoms with Crippen molar-refractivity contribution in [2.75, 3.05) is 6.61 Å². The summed E-state index contributed by atoms with van der Waals surface area (Å²) in [4.78, 5) is 12.6. The molecule has 1 heterocycles. The highest BCUT2D eigenvalue weighted by Gasteiger charge is 2.56. The van der Waals surface area contributed by atoms with Crippen LogP contribution >= 0.6 is 0 Å². The van der Waals surface area contributed by atoms with Crippen molar-refractivity contribution in [2.45, 2.75) is 51.2 Å². The highest BCUT2D eigenvalue weighted by atomic mass is 16.5. The van der Waals surface area contributed by atoms with Gasteiger partial charge < -0.3 is 10.1 Å². The molecule has 22 heavy (non-hydrogen) atoms. The molecule has 1 aromatic rings. The summed E-state index contributed by atoms with van der Waals surface area (Å²) in [6, 6.07) is 8.19. The van der Waals surface area contributed by atoms with Crippen LogP contribution in [-0.4, -0.2) is 24.7 Å². The van der Waals surface area contributed by atoms with Crippen molar-refractivity contribution in [3.05, 3.63) is 35.4 Å². The predicted octanol–water partition coefficient (Wildman–Crippen LogP) is 3.32. The van der Waals surface area contributed by atoms with E-state index in [2.05, 4.69) is 5.32 Å². The molecule has 0 aromatic heterocycles. The summed E-state index contributed by atoms with van der Waals surface area (Å²) < 4.78 is 5.96. The average Bonchev–Trinajstić information content (AvgIpc) is 3.16. The largest absolute Gasteiger partial charge is 0.377 e. The molecule has 1 amide bonds. The van der Waals surface area contributed by atoms with Crippen LogP contribution in [0.2, 0.25) is 0 Å². The zero-order chi connectivity index (χ0) is 15.1. The third-order valence-corrected chi connectivity index (χ3v) is 5.99. The Hall–Kier alpha value is -1.35. The van der Waals surface area contributed by atoms with E-state index in [-0.39, 0.29) is 5.91 Å². The molecule has 4 atom stereocenters. The molecule has 3 nitrogen and oxygen atoms in total. The number of fused-ring (bicyclic) bond motifs is 1. The molecular formula is C19H25NO2. The average molecular weight is 299 g/mol. The summed E-state index contributed by atoms with van der Waals surface area (Å²) >= 11 is 0. The maximum absolute atomic E-state index is 12.6. The first kappa shape index (κ1) is 14.3. The van der Waals surface area contributed by atoms with E-state index < -0.39 is 0 Å². The Labute approximate surface area is 132 Å². The lowest BCUT2D eigenvalue weighted by atomic mass is 9.61. The number of hydrogen-bond donors (Lipinski definition) is 1. The Kier molecular flexibility index (Phi) is 3.69. The van der Waals surface area contributed by atoms with Gasteiger partial charge in [-0.2, -0.15) is 0 Å². The predicted molar refractivity (Wildman–Crippen MR) is 85.7 cm³/mol. The standard InChI is InChI=1S/C19H25NO2/c1-12-6-8-14(9-7-12)19(21)20-17-15-10-11-22-18(15)16(17)13-4-2-3-5-13/h6-9,13,15-18H,2-5,10-11H2,1H3,(H,20,21)/t15-,16+,17-,18-/m0/s1. The Morgan fingerprint density at radius 3 is 2.59 bits per heavy atom. The Morgan fingerprint density at radius 1 is 1.14 bits per heavy atom. The molecule has 1 N–H and O–H groups in total. The number of amides is 1. The van der Waals surface area contributed by atoms with Gasteiger partial charge in [0.1, 0.15) is 0 Å². The zero-order valence-corrected chi connectivity index (χ0v) is 13.3. The van der Waals surface area contributed by atoms with Crippen LogP contribution in [0.3, 0.4) is 0 Å². The van der Waals surface area contributed by atoms with E-state index in [9.17, 15) is 4.79 Å². The molecule has 1 aliphatic heterocycles. The summed E-state index contributed by atoms with van der Waals surface area (Å²) in [5.41, 5.74) is 1.96. The van der Waals surface area contributed by atoms with Crippen LogP contribution < -0.4 is 5.32 Å². The van der Waals surface area contributed by atoms with Gasteiger partial charge in [0, 0.05) is 30.0 Å². The van der Waals surface area contributed by atoms with Gasteiger partial charge in [0.15, 0.2) is 0 Å². The lowest BCUT2D eigenvalue weighted by Gasteiger charge is -2.50. The number of rotatable bonds is 3. The molecule has 2 saturated carbocycles. The molecule has 118 valence electrons. The second-order valence-electron chi connectivity index (χ2n) is 7.28. The first-order valence-electron chi connectivity index (χ1n) is 8.73. The molecule has 0 unspecified atom stereocenters. The Balaban J connectivity index is 1.48. The van der Waals surface area contributed by atoms with Crippen LogP contribution in [-0.2, 0) is 4.74 Å². The van der Waals surface area contributed by atoms with Crippen molar-refractivity contribution in [3.63, 3.8) is 0 Å². The van der Waals surface area contributed by atoms with Crippen molar-refractivity contribution < 1.29 is 9.53 Å². The van der Waals surface area contributed by atoms with E-state index in [0.717, 1.165) is 24.5 Å². The van der Waals surface area contributed by atoms with Gasteiger partial charge in [-0.25, -0.2) is 0 Å². The second-order valence-corrected chi connectivity index (χ2v) is 7.28. The van der Waals surface area contributed by atoms with Crippen molar-refractivity contribution in [3.8, 4) is 0 Å². The monoisotopic (exact) mass is 299 g/mol. The number of carbonyl (C=O) groups excluding carboxylic acids is 1. The minimum Gasteiger partial charge on any atom is -0.377 e. The zero-order valence-electron chi connectivity index (χ0n) is 13.3. The maximum Gasteiger partial charge on any atom is 0.251 e. The molecular weight excluding hydrogens is 274 g/mol. The molecule has 4 rings (SSSR count). The molecule has 0 radical (unpaired) electrons. The fraction of sp³-hybridized carbons (Fsp3) is 0.632. The SMILES string of the molecule is Cc1ccc(C(=O)N[C@H]2[C@@H]3CCO[C@@H]3[C@@H]2C2CCCC2)cc1. The quantitative estimate of drug-likeness (QED) is 0.930. The van der Waals surface area contributed by atoms with E-state index in [4.69, 9.17) is 4.74 Å². The summed E-state index contributed by atoms with van der Waals surface area (Å²) in [6.45, 7) is 2.92. The number of aryl methyl sites for hydroxylation is 1. The minimum atomic E-state index is 0.0818. The Bertz CT molecular complexity index is 542. The van der Waals surface area contributed by atoms with Gasteiger partial charge in [0.2, 0.25) is 0 Å². The third kappa shape index (κ3) is 2.36. The number of benzene rings is 1. The molecule has 3 heteroatoms. The molecule has 1 saturated heterocycles. The van der Waals surface area contributed by atoms with Crippen molar-refractivity contribution >= 4 is 5.91 Å². The summed E-state index contributed by atoms with van der Waals surface area (Å²) in [7, 11) is 0. The molecule has 0 bridgehead atoms. The lowest BCUT2D eigenvalue weighted by molar-refractivity contribution is -0.0784. The summed E-state index contributed by atoms with van der Waals surface area (Å²) in [6.07, 6.45) is 6.83. The maximum atomic E-state index is 12.6. The van der Waals surface area contributed by atoms with Gasteiger partial charge in [0.25, 0.3) is 5.91 Å². The molecule has 2 aliphatic carbocycles. The normalized spacial score (nSPS) is 34.2. The lowest BCUT2D eigenvalue weighted by Crippen LogP contribution is -2.63. The number of carbonyl (C=O) groups is 1. The van der Waals surface area contributed by atoms with Gasteiger partial charge in [-0.05, 0) is 31.4 Å². The van der Waals surface area contributed by atoms with Crippen LogP contribution in [0.4, 0.5) is 0 Å². The smallest absolute Gasteiger partial charge is 0.251 e. The van der Waals surface area contributed by atoms with Gasteiger partial charge in [-0.3, -0.25) is 4.79 Å². The molecule has 3 fully saturated rings. The number of ether oxygens (including phenoxy) is 1. The van der Waals surface area contributed by atoms with Gasteiger partial charge >= 0.3 is 0 Å². The molecule has 0 spiro atoms. The van der Waals surface area contributed by atoms with Crippen molar-refractivity contribution in [2.24, 2.45) is 17.8 Å². The summed E-state index contributed by atoms with van der Waals surface area (Å²) in [5, 5.41) is 3.33. The fourth-order valence-electron chi connectivity index (χ4n) is 4.80. The third-order valence-electron chi connectivity index (χ3n) is 5.99. The van der Waals surface area contributed by atoms with E-state index in [1.807, 2.05) is 31.2 Å². The molecule has 3 aliphatic rings. The first-order chi connectivity index (χ1) is 10.7. The van der Waals surface area contributed by atoms with Gasteiger partial charge in [0.05, 0.1) is 6.10 Å². The Morgan fingerprint density at radius 2 is 1.86 bits per heavy atom. The van der Waals surface area contributed by atoms with Crippen LogP contribution in [0, 0.1) is 24.7 Å². The van der Waals surface area contributed by atoms with E-state index >= 15 is 0 Å². The van der Waals surface area contributed by atoms with Gasteiger partial charge in [-0.1, -0.05) is 43.4 Å². The molecule has 1 aromatic carbocycles. The minimum absolute atomic E-state index is 0.0818. The van der Waals surface area contributed by atoms with Crippen molar-refractivity contribution in [1.29, 1.82) is 0 Å². The van der Waals surface area contributed by atoms with Crippen LogP contribution in [0.25, 0.3) is 0 Å². The summed E-state index contributed by atoms with van der Waals surface area (Å²) in [5.74, 6) is 1.92. The fourth-order valence-corrected chi connectivity index (χ4v) is 4.80. The second kappa shape index (κ2) is 5.69. The number of nitrogens with one attached hydrogen (secondary N) is 1. The highest BCUT2D eigenvalue weighted by molar-refractivity contribution is 5.94.